The van der Waals surface area contributed by atoms with Gasteiger partial charge < -0.3 is 15.5 Å². The Kier molecular flexibility index (Phi) is 5.15. The Bertz CT molecular complexity index is 543. The number of carboxylic acids is 1. The number of hydrogen-bond donors (Lipinski definition) is 3. The van der Waals surface area contributed by atoms with Crippen LogP contribution in [0, 0.1) is 17.0 Å². The number of rotatable bonds is 6. The molecule has 0 aliphatic heterocycles. The highest BCUT2D eigenvalue weighted by atomic mass is 16.6. The molecule has 0 saturated carbocycles. The van der Waals surface area contributed by atoms with E-state index in [1.54, 1.807) is 6.92 Å². The number of hydrogen-bond acceptors (Lipinski definition) is 5. The zero-order chi connectivity index (χ0) is 15.3. The number of aliphatic carboxylic acids is 1. The van der Waals surface area contributed by atoms with E-state index in [4.69, 9.17) is 10.2 Å². The summed E-state index contributed by atoms with van der Waals surface area (Å²) in [5.74, 6) is -2.18. The second-order valence-corrected chi connectivity index (χ2v) is 4.15. The van der Waals surface area contributed by atoms with Crippen molar-refractivity contribution in [3.05, 3.63) is 39.4 Å². The molecule has 0 spiro atoms. The van der Waals surface area contributed by atoms with Crippen molar-refractivity contribution >= 4 is 17.6 Å². The molecule has 1 aromatic rings. The molecule has 0 fully saturated rings. The molecule has 1 atom stereocenters. The Hall–Kier alpha value is -2.48. The molecular formula is C12H14N2O6. The van der Waals surface area contributed by atoms with Crippen LogP contribution in [0.4, 0.5) is 5.69 Å². The van der Waals surface area contributed by atoms with Crippen molar-refractivity contribution in [2.75, 3.05) is 6.61 Å². The maximum Gasteiger partial charge on any atom is 0.326 e. The van der Waals surface area contributed by atoms with Gasteiger partial charge in [-0.3, -0.25) is 14.9 Å². The van der Waals surface area contributed by atoms with E-state index in [1.807, 2.05) is 0 Å². The normalized spacial score (nSPS) is 11.7. The molecule has 0 aromatic heterocycles. The minimum absolute atomic E-state index is 0.180. The number of aryl methyl sites for hydroxylation is 1. The Labute approximate surface area is 114 Å². The zero-order valence-corrected chi connectivity index (χ0v) is 10.7. The van der Waals surface area contributed by atoms with Gasteiger partial charge in [-0.15, -0.1) is 0 Å². The first-order valence-corrected chi connectivity index (χ1v) is 5.76. The number of aliphatic hydroxyl groups is 1. The van der Waals surface area contributed by atoms with E-state index in [0.29, 0.717) is 5.56 Å². The van der Waals surface area contributed by atoms with E-state index in [1.165, 1.54) is 18.2 Å². The summed E-state index contributed by atoms with van der Waals surface area (Å²) in [5.41, 5.74) is 0.0233. The smallest absolute Gasteiger partial charge is 0.326 e. The van der Waals surface area contributed by atoms with Gasteiger partial charge in [0.1, 0.15) is 11.6 Å². The first-order valence-electron chi connectivity index (χ1n) is 5.76. The van der Waals surface area contributed by atoms with Gasteiger partial charge in [-0.25, -0.2) is 4.79 Å². The van der Waals surface area contributed by atoms with Crippen molar-refractivity contribution < 1.29 is 24.7 Å². The van der Waals surface area contributed by atoms with Crippen LogP contribution in [0.5, 0.6) is 0 Å². The van der Waals surface area contributed by atoms with Crippen LogP contribution < -0.4 is 5.32 Å². The second-order valence-electron chi connectivity index (χ2n) is 4.15. The molecule has 1 rings (SSSR count). The SMILES string of the molecule is Cc1ccc([N+](=O)[O-])c(C(=O)N[C@H](CCO)C(=O)O)c1. The van der Waals surface area contributed by atoms with E-state index >= 15 is 0 Å². The summed E-state index contributed by atoms with van der Waals surface area (Å²) in [6.07, 6.45) is -0.180. The fourth-order valence-corrected chi connectivity index (χ4v) is 1.61. The number of amides is 1. The van der Waals surface area contributed by atoms with Crippen molar-refractivity contribution in [2.45, 2.75) is 19.4 Å². The summed E-state index contributed by atoms with van der Waals surface area (Å²) in [5, 5.41) is 30.6. The van der Waals surface area contributed by atoms with Crippen LogP contribution in [0.15, 0.2) is 18.2 Å². The second kappa shape index (κ2) is 6.62. The summed E-state index contributed by atoms with van der Waals surface area (Å²) < 4.78 is 0. The van der Waals surface area contributed by atoms with Gasteiger partial charge in [0.15, 0.2) is 0 Å². The number of aliphatic hydroxyl groups excluding tert-OH is 1. The number of benzene rings is 1. The lowest BCUT2D eigenvalue weighted by Crippen LogP contribution is -2.41. The third kappa shape index (κ3) is 3.75. The van der Waals surface area contributed by atoms with Crippen LogP contribution in [0.2, 0.25) is 0 Å². The Morgan fingerprint density at radius 3 is 2.60 bits per heavy atom. The van der Waals surface area contributed by atoms with E-state index in [2.05, 4.69) is 5.32 Å². The molecule has 3 N–H and O–H groups in total. The summed E-state index contributed by atoms with van der Waals surface area (Å²) >= 11 is 0. The van der Waals surface area contributed by atoms with Gasteiger partial charge in [-0.2, -0.15) is 0 Å². The molecule has 108 valence electrons. The quantitative estimate of drug-likeness (QED) is 0.513. The number of nitro benzene ring substituents is 1. The zero-order valence-electron chi connectivity index (χ0n) is 10.7. The van der Waals surface area contributed by atoms with Crippen LogP contribution in [-0.2, 0) is 4.79 Å². The molecule has 0 bridgehead atoms. The first kappa shape index (κ1) is 15.6. The summed E-state index contributed by atoms with van der Waals surface area (Å²) in [4.78, 5) is 33.0. The number of carbonyl (C=O) groups is 2. The largest absolute Gasteiger partial charge is 0.480 e. The molecule has 1 aromatic carbocycles. The van der Waals surface area contributed by atoms with Crippen molar-refractivity contribution in [1.29, 1.82) is 0 Å². The van der Waals surface area contributed by atoms with Gasteiger partial charge in [-0.1, -0.05) is 6.07 Å². The highest BCUT2D eigenvalue weighted by Crippen LogP contribution is 2.19. The average Bonchev–Trinajstić information content (AvgIpc) is 2.37. The third-order valence-corrected chi connectivity index (χ3v) is 2.61. The van der Waals surface area contributed by atoms with Crippen LogP contribution in [0.25, 0.3) is 0 Å². The number of nitro groups is 1. The topological polar surface area (TPSA) is 130 Å². The number of carboxylic acid groups (broad SMARTS) is 1. The maximum atomic E-state index is 12.0. The molecule has 0 unspecified atom stereocenters. The van der Waals surface area contributed by atoms with Crippen molar-refractivity contribution in [1.82, 2.24) is 5.32 Å². The van der Waals surface area contributed by atoms with Crippen molar-refractivity contribution in [3.63, 3.8) is 0 Å². The third-order valence-electron chi connectivity index (χ3n) is 2.61. The number of carbonyl (C=O) groups excluding carboxylic acids is 1. The van der Waals surface area contributed by atoms with E-state index in [0.717, 1.165) is 0 Å². The Balaban J connectivity index is 3.05. The highest BCUT2D eigenvalue weighted by molar-refractivity contribution is 6.00. The molecule has 0 aliphatic carbocycles. The molecule has 0 aliphatic rings. The van der Waals surface area contributed by atoms with Gasteiger partial charge in [0.25, 0.3) is 11.6 Å². The predicted molar refractivity (Wildman–Crippen MR) is 68.4 cm³/mol. The van der Waals surface area contributed by atoms with Gasteiger partial charge in [0.2, 0.25) is 0 Å². The van der Waals surface area contributed by atoms with E-state index in [-0.39, 0.29) is 12.0 Å². The molecule has 0 radical (unpaired) electrons. The summed E-state index contributed by atoms with van der Waals surface area (Å²) in [6, 6.07) is 2.68. The average molecular weight is 282 g/mol. The lowest BCUT2D eigenvalue weighted by atomic mass is 10.1. The Morgan fingerprint density at radius 2 is 2.10 bits per heavy atom. The first-order chi connectivity index (χ1) is 9.36. The number of nitrogens with zero attached hydrogens (tertiary/aromatic N) is 1. The van der Waals surface area contributed by atoms with Gasteiger partial charge in [0, 0.05) is 19.1 Å². The molecular weight excluding hydrogens is 268 g/mol. The minimum atomic E-state index is -1.32. The van der Waals surface area contributed by atoms with Gasteiger partial charge >= 0.3 is 5.97 Å². The minimum Gasteiger partial charge on any atom is -0.480 e. The van der Waals surface area contributed by atoms with Crippen LogP contribution >= 0.6 is 0 Å². The monoisotopic (exact) mass is 282 g/mol. The number of nitrogens with one attached hydrogen (secondary N) is 1. The molecule has 20 heavy (non-hydrogen) atoms. The van der Waals surface area contributed by atoms with Crippen LogP contribution in [0.1, 0.15) is 22.3 Å². The summed E-state index contributed by atoms with van der Waals surface area (Å²) in [6.45, 7) is 1.23. The molecule has 0 heterocycles. The van der Waals surface area contributed by atoms with Crippen LogP contribution in [-0.4, -0.2) is 39.7 Å². The van der Waals surface area contributed by atoms with Gasteiger partial charge in [-0.05, 0) is 18.6 Å². The lowest BCUT2D eigenvalue weighted by molar-refractivity contribution is -0.385. The van der Waals surface area contributed by atoms with Crippen molar-refractivity contribution in [3.8, 4) is 0 Å². The van der Waals surface area contributed by atoms with Crippen LogP contribution in [0.3, 0.4) is 0 Å². The van der Waals surface area contributed by atoms with E-state index in [9.17, 15) is 19.7 Å². The molecule has 1 amide bonds. The van der Waals surface area contributed by atoms with Gasteiger partial charge in [0.05, 0.1) is 4.92 Å². The Morgan fingerprint density at radius 1 is 1.45 bits per heavy atom. The van der Waals surface area contributed by atoms with Crippen molar-refractivity contribution in [2.24, 2.45) is 0 Å². The standard InChI is InChI=1S/C12H14N2O6/c1-7-2-3-10(14(19)20)8(6-7)11(16)13-9(4-5-15)12(17)18/h2-3,6,9,15H,4-5H2,1H3,(H,13,16)(H,17,18)/t9-/m1/s1. The molecule has 8 heteroatoms. The maximum absolute atomic E-state index is 12.0. The predicted octanol–water partition coefficient (Wildman–Crippen LogP) is 0.469. The molecule has 8 nitrogen and oxygen atoms in total. The highest BCUT2D eigenvalue weighted by Gasteiger charge is 2.25. The lowest BCUT2D eigenvalue weighted by Gasteiger charge is -2.13. The van der Waals surface area contributed by atoms with E-state index < -0.39 is 35.1 Å². The molecule has 0 saturated heterocycles. The summed E-state index contributed by atoms with van der Waals surface area (Å²) in [7, 11) is 0. The fraction of sp³-hybridized carbons (Fsp3) is 0.333. The fourth-order valence-electron chi connectivity index (χ4n) is 1.61.